The number of hydrogen-bond acceptors (Lipinski definition) is 8. The number of hydrogen-bond donors (Lipinski definition) is 1. The van der Waals surface area contributed by atoms with Crippen LogP contribution in [-0.2, 0) is 6.18 Å². The number of nitrogens with zero attached hydrogens (tertiary/aromatic N) is 8. The number of imidazole rings is 1. The first kappa shape index (κ1) is 21.5. The van der Waals surface area contributed by atoms with E-state index in [1.807, 2.05) is 25.1 Å². The standard InChI is InChI=1S/C20H20F3N9/c1-30(2)14-5-6-31(10-14)15-3-4-18(29-19(15)20(21,22)23)32-11-17(27-12-32)28-16-9-25-13(7-24)8-26-16/h3-4,8-9,11-12,14H,5-6,10H2,1-2H3,(H,26,28). The quantitative estimate of drug-likeness (QED) is 0.643. The third-order valence-electron chi connectivity index (χ3n) is 5.23. The van der Waals surface area contributed by atoms with Crippen molar-refractivity contribution < 1.29 is 13.2 Å². The van der Waals surface area contributed by atoms with Gasteiger partial charge in [-0.3, -0.25) is 4.57 Å². The molecule has 0 aliphatic carbocycles. The van der Waals surface area contributed by atoms with Crippen LogP contribution in [0.2, 0.25) is 0 Å². The normalized spacial score (nSPS) is 16.4. The molecule has 0 amide bonds. The van der Waals surface area contributed by atoms with Crippen LogP contribution in [0.4, 0.5) is 30.5 Å². The molecule has 9 nitrogen and oxygen atoms in total. The van der Waals surface area contributed by atoms with Gasteiger partial charge in [0.15, 0.2) is 11.4 Å². The van der Waals surface area contributed by atoms with Crippen LogP contribution in [0, 0.1) is 11.3 Å². The first-order valence-electron chi connectivity index (χ1n) is 9.78. The lowest BCUT2D eigenvalue weighted by molar-refractivity contribution is -0.140. The Morgan fingerprint density at radius 3 is 2.59 bits per heavy atom. The Labute approximate surface area is 182 Å². The lowest BCUT2D eigenvalue weighted by Gasteiger charge is -2.24. The van der Waals surface area contributed by atoms with E-state index in [1.54, 1.807) is 11.0 Å². The Kier molecular flexibility index (Phi) is 5.67. The molecule has 1 aliphatic heterocycles. The van der Waals surface area contributed by atoms with E-state index in [9.17, 15) is 13.2 Å². The highest BCUT2D eigenvalue weighted by molar-refractivity contribution is 5.56. The maximum Gasteiger partial charge on any atom is 0.435 e. The average molecular weight is 443 g/mol. The van der Waals surface area contributed by atoms with Crippen LogP contribution in [0.25, 0.3) is 5.82 Å². The molecule has 4 heterocycles. The smallest absolute Gasteiger partial charge is 0.368 e. The molecular formula is C20H20F3N9. The van der Waals surface area contributed by atoms with Crippen molar-refractivity contribution in [1.82, 2.24) is 29.4 Å². The van der Waals surface area contributed by atoms with E-state index in [0.717, 1.165) is 6.42 Å². The highest BCUT2D eigenvalue weighted by atomic mass is 19.4. The Balaban J connectivity index is 1.58. The summed E-state index contributed by atoms with van der Waals surface area (Å²) in [5.74, 6) is 0.783. The summed E-state index contributed by atoms with van der Waals surface area (Å²) < 4.78 is 42.9. The molecule has 32 heavy (non-hydrogen) atoms. The van der Waals surface area contributed by atoms with E-state index in [-0.39, 0.29) is 23.2 Å². The minimum atomic E-state index is -4.60. The number of likely N-dealkylation sites (N-methyl/N-ethyl adjacent to an activating group) is 1. The van der Waals surface area contributed by atoms with Crippen molar-refractivity contribution in [3.63, 3.8) is 0 Å². The lowest BCUT2D eigenvalue weighted by Crippen LogP contribution is -2.32. The zero-order valence-electron chi connectivity index (χ0n) is 17.4. The molecule has 3 aromatic heterocycles. The van der Waals surface area contributed by atoms with Crippen LogP contribution >= 0.6 is 0 Å². The molecule has 0 spiro atoms. The minimum absolute atomic E-state index is 0.0805. The number of nitrogens with one attached hydrogen (secondary N) is 1. The van der Waals surface area contributed by atoms with E-state index in [2.05, 4.69) is 25.3 Å². The molecule has 0 radical (unpaired) electrons. The average Bonchev–Trinajstić information content (AvgIpc) is 3.43. The van der Waals surface area contributed by atoms with Gasteiger partial charge in [-0.2, -0.15) is 18.4 Å². The molecule has 1 unspecified atom stereocenters. The number of nitriles is 1. The van der Waals surface area contributed by atoms with Crippen molar-refractivity contribution in [1.29, 1.82) is 5.26 Å². The van der Waals surface area contributed by atoms with E-state index >= 15 is 0 Å². The molecule has 1 saturated heterocycles. The SMILES string of the molecule is CN(C)C1CCN(c2ccc(-n3cnc(Nc4cnc(C#N)cn4)c3)nc2C(F)(F)F)C1. The largest absolute Gasteiger partial charge is 0.435 e. The third-order valence-corrected chi connectivity index (χ3v) is 5.23. The van der Waals surface area contributed by atoms with Gasteiger partial charge in [0.25, 0.3) is 0 Å². The predicted molar refractivity (Wildman–Crippen MR) is 111 cm³/mol. The molecule has 0 aromatic carbocycles. The van der Waals surface area contributed by atoms with Gasteiger partial charge in [0.1, 0.15) is 29.9 Å². The van der Waals surface area contributed by atoms with Gasteiger partial charge in [-0.25, -0.2) is 19.9 Å². The van der Waals surface area contributed by atoms with Crippen LogP contribution < -0.4 is 10.2 Å². The summed E-state index contributed by atoms with van der Waals surface area (Å²) in [6.45, 7) is 1.06. The molecule has 1 N–H and O–H groups in total. The first-order valence-corrected chi connectivity index (χ1v) is 9.78. The van der Waals surface area contributed by atoms with E-state index < -0.39 is 11.9 Å². The Morgan fingerprint density at radius 1 is 1.16 bits per heavy atom. The molecule has 1 fully saturated rings. The zero-order chi connectivity index (χ0) is 22.9. The van der Waals surface area contributed by atoms with Crippen molar-refractivity contribution in [2.45, 2.75) is 18.6 Å². The zero-order valence-corrected chi connectivity index (χ0v) is 17.4. The molecule has 1 atom stereocenters. The predicted octanol–water partition coefficient (Wildman–Crippen LogP) is 2.83. The van der Waals surface area contributed by atoms with Gasteiger partial charge >= 0.3 is 6.18 Å². The Morgan fingerprint density at radius 2 is 1.97 bits per heavy atom. The van der Waals surface area contributed by atoms with Crippen LogP contribution in [0.15, 0.2) is 37.1 Å². The van der Waals surface area contributed by atoms with Gasteiger partial charge in [0, 0.05) is 19.1 Å². The van der Waals surface area contributed by atoms with Crippen LogP contribution in [0.3, 0.4) is 0 Å². The molecule has 166 valence electrons. The molecule has 0 saturated carbocycles. The van der Waals surface area contributed by atoms with Crippen LogP contribution in [0.1, 0.15) is 17.8 Å². The minimum Gasteiger partial charge on any atom is -0.368 e. The molecular weight excluding hydrogens is 423 g/mol. The van der Waals surface area contributed by atoms with E-state index in [0.29, 0.717) is 24.7 Å². The summed E-state index contributed by atoms with van der Waals surface area (Å²) in [4.78, 5) is 19.7. The second kappa shape index (κ2) is 8.43. The van der Waals surface area contributed by atoms with Gasteiger partial charge < -0.3 is 15.1 Å². The van der Waals surface area contributed by atoms with Gasteiger partial charge in [0.2, 0.25) is 0 Å². The number of halogens is 3. The highest BCUT2D eigenvalue weighted by Crippen LogP contribution is 2.37. The second-order valence-electron chi connectivity index (χ2n) is 7.58. The van der Waals surface area contributed by atoms with Crippen LogP contribution in [-0.4, -0.2) is 62.6 Å². The third kappa shape index (κ3) is 4.47. The molecule has 4 rings (SSSR count). The molecule has 0 bridgehead atoms. The second-order valence-corrected chi connectivity index (χ2v) is 7.58. The monoisotopic (exact) mass is 443 g/mol. The summed E-state index contributed by atoms with van der Waals surface area (Å²) in [5, 5.41) is 11.7. The van der Waals surface area contributed by atoms with Gasteiger partial charge in [-0.05, 0) is 32.6 Å². The maximum absolute atomic E-state index is 13.8. The van der Waals surface area contributed by atoms with E-state index in [1.165, 1.54) is 35.6 Å². The summed E-state index contributed by atoms with van der Waals surface area (Å²) in [6, 6.07) is 5.07. The molecule has 12 heteroatoms. The van der Waals surface area contributed by atoms with E-state index in [4.69, 9.17) is 5.26 Å². The van der Waals surface area contributed by atoms with Gasteiger partial charge in [-0.1, -0.05) is 0 Å². The van der Waals surface area contributed by atoms with Crippen molar-refractivity contribution in [3.05, 3.63) is 48.4 Å². The first-order chi connectivity index (χ1) is 15.2. The van der Waals surface area contributed by atoms with Crippen molar-refractivity contribution in [3.8, 4) is 11.9 Å². The van der Waals surface area contributed by atoms with Crippen molar-refractivity contribution >= 4 is 17.3 Å². The summed E-state index contributed by atoms with van der Waals surface area (Å²) in [6.07, 6.45) is 1.72. The fourth-order valence-corrected chi connectivity index (χ4v) is 3.53. The highest BCUT2D eigenvalue weighted by Gasteiger charge is 2.39. The number of alkyl halides is 3. The van der Waals surface area contributed by atoms with Gasteiger partial charge in [0.05, 0.1) is 24.3 Å². The number of rotatable bonds is 5. The van der Waals surface area contributed by atoms with Gasteiger partial charge in [-0.15, -0.1) is 0 Å². The fraction of sp³-hybridized carbons (Fsp3) is 0.350. The number of pyridine rings is 1. The van der Waals surface area contributed by atoms with Crippen molar-refractivity contribution in [2.75, 3.05) is 37.4 Å². The number of aromatic nitrogens is 5. The fourth-order valence-electron chi connectivity index (χ4n) is 3.53. The van der Waals surface area contributed by atoms with Crippen molar-refractivity contribution in [2.24, 2.45) is 0 Å². The number of anilines is 3. The maximum atomic E-state index is 13.8. The summed E-state index contributed by atoms with van der Waals surface area (Å²) in [5.41, 5.74) is -0.674. The Hall–Kier alpha value is -3.72. The topological polar surface area (TPSA) is 98.8 Å². The summed E-state index contributed by atoms with van der Waals surface area (Å²) in [7, 11) is 3.85. The Bertz CT molecular complexity index is 1130. The van der Waals surface area contributed by atoms with Crippen LogP contribution in [0.5, 0.6) is 0 Å². The molecule has 1 aliphatic rings. The molecule has 3 aromatic rings. The summed E-state index contributed by atoms with van der Waals surface area (Å²) >= 11 is 0. The lowest BCUT2D eigenvalue weighted by atomic mass is 10.2.